The van der Waals surface area contributed by atoms with Gasteiger partial charge in [0.1, 0.15) is 5.52 Å². The second kappa shape index (κ2) is 26.2. The SMILES string of the molecule is [CH-]=CC.[CH2-]CN(N=Cc1cc(C2CCC(OCCCCOCC3CCC4NC4C3)CC2)ccc1C1CCC(OCCCCOCC2CCC3OC3C2)CC1)c1[nH+]c2ccccc2s1.[U+2]. The summed E-state index contributed by atoms with van der Waals surface area (Å²) in [6, 6.07) is 17.4. The molecule has 4 aliphatic carbocycles. The molecule has 3 aromatic rings. The summed E-state index contributed by atoms with van der Waals surface area (Å²) in [6.07, 6.45) is 26.6. The number of hydrogen-bond donors (Lipinski definition) is 1. The van der Waals surface area contributed by atoms with Gasteiger partial charge in [0.05, 0.1) is 35.3 Å². The van der Waals surface area contributed by atoms with Crippen molar-refractivity contribution in [2.45, 2.75) is 171 Å². The number of fused-ring (bicyclic) bond motifs is 3. The molecule has 2 aromatic carbocycles. The summed E-state index contributed by atoms with van der Waals surface area (Å²) in [7, 11) is 0. The molecule has 4 saturated carbocycles. The Morgan fingerprint density at radius 3 is 2.08 bits per heavy atom. The number of hydrogen-bond acceptors (Lipinski definition) is 9. The van der Waals surface area contributed by atoms with Crippen LogP contribution in [0.1, 0.15) is 151 Å². The number of rotatable bonds is 22. The van der Waals surface area contributed by atoms with Crippen LogP contribution >= 0.6 is 11.3 Å². The Kier molecular flexibility index (Phi) is 20.6. The average Bonchev–Trinajstić information content (AvgIpc) is 4.23. The Bertz CT molecular complexity index is 1830. The number of para-hydroxylation sites is 1. The zero-order chi connectivity index (χ0) is 43.2. The molecule has 2 N–H and O–H groups in total. The van der Waals surface area contributed by atoms with Crippen LogP contribution in [0.3, 0.4) is 0 Å². The second-order valence-electron chi connectivity index (χ2n) is 19.3. The molecule has 64 heavy (non-hydrogen) atoms. The van der Waals surface area contributed by atoms with Crippen molar-refractivity contribution in [1.82, 2.24) is 5.32 Å². The number of nitrogens with one attached hydrogen (secondary N) is 2. The largest absolute Gasteiger partial charge is 2.00 e. The molecule has 9 nitrogen and oxygen atoms in total. The van der Waals surface area contributed by atoms with Crippen LogP contribution in [-0.4, -0.2) is 88.9 Å². The monoisotopic (exact) mass is 1120 g/mol. The molecule has 2 saturated heterocycles. The van der Waals surface area contributed by atoms with Gasteiger partial charge in [-0.2, -0.15) is 5.01 Å². The molecule has 0 spiro atoms. The summed E-state index contributed by atoms with van der Waals surface area (Å²) in [4.78, 5) is 3.57. The smallest absolute Gasteiger partial charge is 0.518 e. The van der Waals surface area contributed by atoms with Gasteiger partial charge < -0.3 is 35.6 Å². The van der Waals surface area contributed by atoms with Crippen LogP contribution < -0.4 is 15.3 Å². The summed E-state index contributed by atoms with van der Waals surface area (Å²) in [5.41, 5.74) is 5.26. The predicted molar refractivity (Wildman–Crippen MR) is 256 cm³/mol. The van der Waals surface area contributed by atoms with Crippen LogP contribution in [0.15, 0.2) is 53.6 Å². The van der Waals surface area contributed by atoms with Crippen LogP contribution in [0.4, 0.5) is 5.13 Å². The van der Waals surface area contributed by atoms with Crippen molar-refractivity contribution in [1.29, 1.82) is 0 Å². The summed E-state index contributed by atoms with van der Waals surface area (Å²) in [6.45, 7) is 16.5. The second-order valence-corrected chi connectivity index (χ2v) is 20.4. The van der Waals surface area contributed by atoms with Crippen LogP contribution in [-0.2, 0) is 23.7 Å². The molecule has 3 heterocycles. The number of aromatic amines is 1. The third-order valence-electron chi connectivity index (χ3n) is 14.7. The van der Waals surface area contributed by atoms with E-state index in [4.69, 9.17) is 35.4 Å². The van der Waals surface area contributed by atoms with E-state index < -0.39 is 0 Å². The van der Waals surface area contributed by atoms with Gasteiger partial charge >= 0.3 is 36.2 Å². The summed E-state index contributed by atoms with van der Waals surface area (Å²) >= 11 is 1.73. The fourth-order valence-corrected chi connectivity index (χ4v) is 11.8. The van der Waals surface area contributed by atoms with E-state index in [1.165, 1.54) is 78.8 Å². The molecule has 348 valence electrons. The first-order valence-corrected chi connectivity index (χ1v) is 25.8. The third kappa shape index (κ3) is 14.9. The Labute approximate surface area is 413 Å². The molecule has 6 atom stereocenters. The number of unbranched alkanes of at least 4 members (excludes halogenated alkanes) is 2. The first-order valence-electron chi connectivity index (χ1n) is 25.0. The third-order valence-corrected chi connectivity index (χ3v) is 15.7. The van der Waals surface area contributed by atoms with E-state index in [-0.39, 0.29) is 31.1 Å². The Morgan fingerprint density at radius 2 is 1.42 bits per heavy atom. The number of allylic oxidation sites excluding steroid dienone is 1. The summed E-state index contributed by atoms with van der Waals surface area (Å²) < 4.78 is 31.9. The van der Waals surface area contributed by atoms with E-state index >= 15 is 0 Å². The predicted octanol–water partition coefficient (Wildman–Crippen LogP) is 10.8. The van der Waals surface area contributed by atoms with Gasteiger partial charge in [-0.3, -0.25) is 13.0 Å². The Morgan fingerprint density at radius 1 is 0.781 bits per heavy atom. The minimum Gasteiger partial charge on any atom is -0.518 e. The van der Waals surface area contributed by atoms with Crippen molar-refractivity contribution >= 4 is 32.9 Å². The summed E-state index contributed by atoms with van der Waals surface area (Å²) in [5.74, 6) is 2.52. The fourth-order valence-electron chi connectivity index (χ4n) is 10.8. The number of ether oxygens (including phenoxy) is 5. The Balaban J connectivity index is 0.00000149. The minimum atomic E-state index is 0. The zero-order valence-electron chi connectivity index (χ0n) is 38.8. The number of epoxide rings is 1. The normalized spacial score (nSPS) is 29.5. The van der Waals surface area contributed by atoms with Crippen molar-refractivity contribution in [2.24, 2.45) is 16.9 Å². The number of H-pyrrole nitrogens is 1. The molecule has 6 fully saturated rings. The van der Waals surface area contributed by atoms with E-state index in [1.807, 2.05) is 5.01 Å². The molecule has 2 aliphatic heterocycles. The number of hydrazone groups is 1. The number of aromatic nitrogens is 1. The fraction of sp³-hybridized carbons (Fsp3) is 0.679. The number of anilines is 1. The van der Waals surface area contributed by atoms with E-state index in [2.05, 4.69) is 65.9 Å². The van der Waals surface area contributed by atoms with Crippen molar-refractivity contribution in [3.05, 3.63) is 78.7 Å². The average molecular weight is 1120 g/mol. The maximum absolute atomic E-state index is 6.43. The topological polar surface area (TPSA) is 101 Å². The number of nitrogens with zero attached hydrogens (tertiary/aromatic N) is 2. The molecular formula is C53H77N4O5SU+. The minimum absolute atomic E-state index is 0. The first-order chi connectivity index (χ1) is 31.1. The van der Waals surface area contributed by atoms with E-state index in [0.29, 0.717) is 48.7 Å². The van der Waals surface area contributed by atoms with Gasteiger partial charge in [0.15, 0.2) is 0 Å². The molecule has 1 aromatic heterocycles. The number of benzene rings is 2. The standard InChI is InChI=1S/C50H71N4O5S.C3H5.U/c1-2-54(50-53-45-9-3-4-10-49(45)60-50)51-32-40-31-39(37-13-18-41(19-14-37)57-27-7-5-25-55-33-35-11-23-44-46(29-35)52-44)17-22-43(40)38-15-20-42(21-16-38)58-28-8-6-26-56-34-36-12-24-47-48(30-36)59-47;1-3-2;/h3-4,9-10,17,22,31-32,35-38,41-42,44,46-48,52H,1-2,5-8,11-16,18-21,23-30,33-34H2;1,3H,2H3;/q2*-1;+2/p+1. The van der Waals surface area contributed by atoms with E-state index in [0.717, 1.165) is 132 Å². The first kappa shape index (κ1) is 50.2. The van der Waals surface area contributed by atoms with Gasteiger partial charge in [-0.1, -0.05) is 36.3 Å². The molecule has 6 unspecified atom stereocenters. The van der Waals surface area contributed by atoms with Crippen molar-refractivity contribution in [3.63, 3.8) is 0 Å². The van der Waals surface area contributed by atoms with Crippen molar-refractivity contribution in [2.75, 3.05) is 51.2 Å². The van der Waals surface area contributed by atoms with Gasteiger partial charge in [0, 0.05) is 57.3 Å². The molecule has 0 radical (unpaired) electrons. The van der Waals surface area contributed by atoms with Crippen LogP contribution in [0, 0.1) is 56.5 Å². The van der Waals surface area contributed by atoms with E-state index in [9.17, 15) is 0 Å². The molecule has 6 aliphatic rings. The molecule has 9 rings (SSSR count). The van der Waals surface area contributed by atoms with Gasteiger partial charge in [-0.25, -0.2) is 4.98 Å². The van der Waals surface area contributed by atoms with Crippen molar-refractivity contribution in [3.8, 4) is 0 Å². The molecule has 0 bridgehead atoms. The number of thiazole rings is 1. The molecular weight excluding hydrogens is 1040 g/mol. The molecule has 11 heteroatoms. The maximum atomic E-state index is 6.43. The van der Waals surface area contributed by atoms with Gasteiger partial charge in [-0.15, -0.1) is 0 Å². The van der Waals surface area contributed by atoms with Crippen molar-refractivity contribution < 1.29 is 59.8 Å². The Hall–Kier alpha value is -1.65. The quantitative estimate of drug-likeness (QED) is 0.0352. The molecule has 0 amide bonds. The zero-order valence-corrected chi connectivity index (χ0v) is 43.8. The van der Waals surface area contributed by atoms with Crippen LogP contribution in [0.2, 0.25) is 0 Å². The van der Waals surface area contributed by atoms with Crippen LogP contribution in [0.25, 0.3) is 10.2 Å². The van der Waals surface area contributed by atoms with E-state index in [1.54, 1.807) is 18.3 Å². The van der Waals surface area contributed by atoms with Gasteiger partial charge in [0.25, 0.3) is 0 Å². The van der Waals surface area contributed by atoms with Gasteiger partial charge in [0.2, 0.25) is 0 Å². The maximum Gasteiger partial charge on any atom is 2.00 e. The van der Waals surface area contributed by atoms with Crippen LogP contribution in [0.5, 0.6) is 0 Å². The summed E-state index contributed by atoms with van der Waals surface area (Å²) in [5, 5.41) is 11.7. The van der Waals surface area contributed by atoms with Gasteiger partial charge in [-0.05, 0) is 186 Å².